The molecule has 0 aliphatic carbocycles. The number of ether oxygens (including phenoxy) is 1. The van der Waals surface area contributed by atoms with Gasteiger partial charge in [0.25, 0.3) is 5.91 Å². The maximum Gasteiger partial charge on any atom is 0.251 e. The van der Waals surface area contributed by atoms with Gasteiger partial charge in [0.15, 0.2) is 0 Å². The molecule has 2 heterocycles. The van der Waals surface area contributed by atoms with Crippen LogP contribution in [0.4, 0.5) is 18.9 Å². The van der Waals surface area contributed by atoms with Crippen molar-refractivity contribution < 1.29 is 32.6 Å². The summed E-state index contributed by atoms with van der Waals surface area (Å²) >= 11 is 0. The molecule has 5 N–H and O–H groups in total. The minimum absolute atomic E-state index is 0.0130. The van der Waals surface area contributed by atoms with Crippen molar-refractivity contribution in [2.45, 2.75) is 31.0 Å². The van der Waals surface area contributed by atoms with Gasteiger partial charge in [0.1, 0.15) is 29.4 Å². The molecule has 0 spiro atoms. The number of aromatic nitrogens is 1. The van der Waals surface area contributed by atoms with E-state index in [2.05, 4.69) is 15.6 Å². The van der Waals surface area contributed by atoms with Crippen LogP contribution in [0.1, 0.15) is 45.6 Å². The van der Waals surface area contributed by atoms with E-state index in [0.717, 1.165) is 12.1 Å². The minimum atomic E-state index is -1.27. The SMILES string of the molecule is COc1ccc2c(c1)C(CC(O)N[C@@H](Cc1cc(F)cc(F)c1)c1ncccc1-c1ccc(F)c(C(N)=O)c1)C(=O)N2. The highest BCUT2D eigenvalue weighted by molar-refractivity contribution is 6.03. The third kappa shape index (κ3) is 6.12. The third-order valence-corrected chi connectivity index (χ3v) is 7.13. The maximum atomic E-state index is 14.2. The van der Waals surface area contributed by atoms with E-state index in [0.29, 0.717) is 33.8 Å². The number of methoxy groups -OCH3 is 1. The zero-order valence-corrected chi connectivity index (χ0v) is 22.4. The van der Waals surface area contributed by atoms with E-state index in [1.807, 2.05) is 0 Å². The molecule has 3 atom stereocenters. The highest BCUT2D eigenvalue weighted by Gasteiger charge is 2.34. The van der Waals surface area contributed by atoms with Gasteiger partial charge < -0.3 is 20.9 Å². The Morgan fingerprint density at radius 1 is 1.10 bits per heavy atom. The Bertz CT molecular complexity index is 1650. The molecule has 1 aliphatic heterocycles. The average molecular weight is 577 g/mol. The lowest BCUT2D eigenvalue weighted by Gasteiger charge is -2.26. The second-order valence-corrected chi connectivity index (χ2v) is 9.94. The summed E-state index contributed by atoms with van der Waals surface area (Å²) in [5, 5.41) is 17.1. The van der Waals surface area contributed by atoms with E-state index in [1.165, 1.54) is 37.6 Å². The number of hydrogen-bond acceptors (Lipinski definition) is 6. The Labute approximate surface area is 239 Å². The Kier molecular flexibility index (Phi) is 8.23. The molecule has 2 amide bonds. The number of benzene rings is 3. The number of aliphatic hydroxyl groups is 1. The van der Waals surface area contributed by atoms with Crippen LogP contribution in [-0.2, 0) is 11.2 Å². The number of halogens is 3. The summed E-state index contributed by atoms with van der Waals surface area (Å²) in [6.45, 7) is 0. The fraction of sp³-hybridized carbons (Fsp3) is 0.194. The molecule has 0 saturated carbocycles. The third-order valence-electron chi connectivity index (χ3n) is 7.13. The number of hydrogen-bond donors (Lipinski definition) is 4. The van der Waals surface area contributed by atoms with Gasteiger partial charge in [0.05, 0.1) is 30.3 Å². The van der Waals surface area contributed by atoms with Gasteiger partial charge in [-0.25, -0.2) is 13.2 Å². The molecule has 8 nitrogen and oxygen atoms in total. The van der Waals surface area contributed by atoms with Gasteiger partial charge in [-0.2, -0.15) is 0 Å². The van der Waals surface area contributed by atoms with Gasteiger partial charge in [-0.15, -0.1) is 0 Å². The van der Waals surface area contributed by atoms with Crippen LogP contribution in [0.25, 0.3) is 11.1 Å². The number of primary amides is 1. The van der Waals surface area contributed by atoms with Gasteiger partial charge in [-0.1, -0.05) is 12.1 Å². The molecule has 5 rings (SSSR count). The van der Waals surface area contributed by atoms with Crippen LogP contribution < -0.4 is 21.1 Å². The molecule has 216 valence electrons. The van der Waals surface area contributed by atoms with E-state index in [9.17, 15) is 27.9 Å². The molecule has 3 aromatic carbocycles. The van der Waals surface area contributed by atoms with Crippen molar-refractivity contribution in [1.82, 2.24) is 10.3 Å². The molecule has 0 fully saturated rings. The number of nitrogens with zero attached hydrogens (tertiary/aromatic N) is 1. The number of pyridine rings is 1. The highest BCUT2D eigenvalue weighted by Crippen LogP contribution is 2.38. The standard InChI is InChI=1S/C31H27F3N4O4/c1-42-20-5-7-26-22(14-20)23(31(41)38-26)15-28(39)37-27(11-16-9-18(32)13-19(33)10-16)29-21(3-2-8-36-29)17-4-6-25(34)24(12-17)30(35)40/h2-10,12-14,23,27-28,37,39H,11,15H2,1H3,(H2,35,40)(H,38,41)/t23?,27-,28?/m0/s1. The molecule has 1 aromatic heterocycles. The topological polar surface area (TPSA) is 127 Å². The quantitative estimate of drug-likeness (QED) is 0.205. The summed E-state index contributed by atoms with van der Waals surface area (Å²) in [7, 11) is 1.51. The molecule has 2 unspecified atom stereocenters. The van der Waals surface area contributed by atoms with E-state index in [-0.39, 0.29) is 29.9 Å². The van der Waals surface area contributed by atoms with Crippen LogP contribution in [0.5, 0.6) is 5.75 Å². The van der Waals surface area contributed by atoms with Crippen molar-refractivity contribution >= 4 is 17.5 Å². The van der Waals surface area contributed by atoms with Gasteiger partial charge in [0.2, 0.25) is 5.91 Å². The summed E-state index contributed by atoms with van der Waals surface area (Å²) in [4.78, 5) is 29.1. The number of anilines is 1. The number of nitrogens with two attached hydrogens (primary N) is 1. The monoisotopic (exact) mass is 576 g/mol. The number of carbonyl (C=O) groups excluding carboxylic acids is 2. The van der Waals surface area contributed by atoms with Crippen LogP contribution in [0.2, 0.25) is 0 Å². The lowest BCUT2D eigenvalue weighted by atomic mass is 9.93. The van der Waals surface area contributed by atoms with Crippen molar-refractivity contribution in [1.29, 1.82) is 0 Å². The van der Waals surface area contributed by atoms with Crippen molar-refractivity contribution in [2.24, 2.45) is 5.73 Å². The first-order chi connectivity index (χ1) is 20.1. The van der Waals surface area contributed by atoms with Gasteiger partial charge >= 0.3 is 0 Å². The van der Waals surface area contributed by atoms with Crippen LogP contribution in [-0.4, -0.2) is 35.2 Å². The van der Waals surface area contributed by atoms with Crippen molar-refractivity contribution in [2.75, 3.05) is 12.4 Å². The van der Waals surface area contributed by atoms with Crippen LogP contribution in [0.3, 0.4) is 0 Å². The van der Waals surface area contributed by atoms with Crippen molar-refractivity contribution in [3.8, 4) is 16.9 Å². The number of amides is 2. The fourth-order valence-electron chi connectivity index (χ4n) is 5.21. The van der Waals surface area contributed by atoms with Gasteiger partial charge in [-0.05, 0) is 71.6 Å². The Balaban J connectivity index is 1.50. The summed E-state index contributed by atoms with van der Waals surface area (Å²) in [5.74, 6) is -3.74. The molecule has 4 aromatic rings. The van der Waals surface area contributed by atoms with Crippen LogP contribution >= 0.6 is 0 Å². The maximum absolute atomic E-state index is 14.2. The zero-order valence-electron chi connectivity index (χ0n) is 22.4. The minimum Gasteiger partial charge on any atom is -0.497 e. The molecule has 0 radical (unpaired) electrons. The van der Waals surface area contributed by atoms with E-state index < -0.39 is 41.5 Å². The Hall–Kier alpha value is -4.74. The Morgan fingerprint density at radius 3 is 2.57 bits per heavy atom. The summed E-state index contributed by atoms with van der Waals surface area (Å²) in [6, 6.07) is 14.6. The van der Waals surface area contributed by atoms with E-state index in [4.69, 9.17) is 10.5 Å². The van der Waals surface area contributed by atoms with E-state index >= 15 is 0 Å². The summed E-state index contributed by atoms with van der Waals surface area (Å²) in [6.07, 6.45) is 0.175. The second-order valence-electron chi connectivity index (χ2n) is 9.94. The molecular weight excluding hydrogens is 549 g/mol. The normalized spacial score (nSPS) is 15.5. The first-order valence-electron chi connectivity index (χ1n) is 13.1. The van der Waals surface area contributed by atoms with Crippen LogP contribution in [0.15, 0.2) is 72.9 Å². The first kappa shape index (κ1) is 28.8. The number of rotatable bonds is 10. The predicted molar refractivity (Wildman–Crippen MR) is 149 cm³/mol. The summed E-state index contributed by atoms with van der Waals surface area (Å²) in [5.41, 5.74) is 7.80. The van der Waals surface area contributed by atoms with Crippen molar-refractivity contribution in [3.63, 3.8) is 0 Å². The lowest BCUT2D eigenvalue weighted by molar-refractivity contribution is -0.117. The predicted octanol–water partition coefficient (Wildman–Crippen LogP) is 4.59. The smallest absolute Gasteiger partial charge is 0.251 e. The Morgan fingerprint density at radius 2 is 1.86 bits per heavy atom. The molecule has 1 aliphatic rings. The van der Waals surface area contributed by atoms with E-state index in [1.54, 1.807) is 30.3 Å². The number of aliphatic hydroxyl groups excluding tert-OH is 1. The number of carbonyl (C=O) groups is 2. The number of nitrogens with one attached hydrogen (secondary N) is 2. The first-order valence-corrected chi connectivity index (χ1v) is 13.1. The van der Waals surface area contributed by atoms with Gasteiger partial charge in [-0.3, -0.25) is 19.9 Å². The molecule has 0 saturated heterocycles. The molecule has 11 heteroatoms. The number of fused-ring (bicyclic) bond motifs is 1. The van der Waals surface area contributed by atoms with Crippen LogP contribution in [0, 0.1) is 17.5 Å². The highest BCUT2D eigenvalue weighted by atomic mass is 19.1. The second kappa shape index (κ2) is 12.0. The zero-order chi connectivity index (χ0) is 30.0. The summed E-state index contributed by atoms with van der Waals surface area (Å²) < 4.78 is 47.7. The molecular formula is C31H27F3N4O4. The largest absolute Gasteiger partial charge is 0.497 e. The van der Waals surface area contributed by atoms with Crippen molar-refractivity contribution in [3.05, 3.63) is 113 Å². The lowest BCUT2D eigenvalue weighted by Crippen LogP contribution is -2.36. The van der Waals surface area contributed by atoms with Gasteiger partial charge in [0, 0.05) is 29.9 Å². The fourth-order valence-corrected chi connectivity index (χ4v) is 5.21. The molecule has 0 bridgehead atoms. The average Bonchev–Trinajstić information content (AvgIpc) is 3.26. The molecule has 42 heavy (non-hydrogen) atoms.